The molecule has 0 aromatic heterocycles. The van der Waals surface area contributed by atoms with E-state index in [1.807, 2.05) is 48.0 Å². The number of piperidine rings is 1. The molecule has 29 heavy (non-hydrogen) atoms. The molecule has 1 aromatic rings. The van der Waals surface area contributed by atoms with Crippen molar-refractivity contribution in [2.75, 3.05) is 58.8 Å². The molecule has 4 rings (SSSR count). The van der Waals surface area contributed by atoms with Crippen molar-refractivity contribution in [1.82, 2.24) is 14.7 Å². The predicted molar refractivity (Wildman–Crippen MR) is 112 cm³/mol. The molecule has 3 aliphatic rings. The van der Waals surface area contributed by atoms with Crippen LogP contribution >= 0.6 is 0 Å². The monoisotopic (exact) mass is 400 g/mol. The number of fused-ring (bicyclic) bond motifs is 2. The summed E-state index contributed by atoms with van der Waals surface area (Å²) in [7, 11) is 3.68. The van der Waals surface area contributed by atoms with Crippen molar-refractivity contribution in [2.45, 2.75) is 25.3 Å². The summed E-state index contributed by atoms with van der Waals surface area (Å²) >= 11 is 0. The van der Waals surface area contributed by atoms with Crippen LogP contribution in [0.25, 0.3) is 0 Å². The molecule has 7 heteroatoms. The topological polar surface area (TPSA) is 65.1 Å². The number of aryl methyl sites for hydroxylation is 1. The zero-order valence-corrected chi connectivity index (χ0v) is 17.7. The zero-order valence-electron chi connectivity index (χ0n) is 17.7. The second-order valence-corrected chi connectivity index (χ2v) is 8.70. The molecule has 0 radical (unpaired) electrons. The van der Waals surface area contributed by atoms with Gasteiger partial charge < -0.3 is 19.9 Å². The number of methoxy groups -OCH3 is 1. The van der Waals surface area contributed by atoms with Crippen LogP contribution in [0.15, 0.2) is 24.3 Å². The van der Waals surface area contributed by atoms with E-state index in [0.29, 0.717) is 25.6 Å². The number of para-hydroxylation sites is 1. The van der Waals surface area contributed by atoms with E-state index < -0.39 is 0 Å². The highest BCUT2D eigenvalue weighted by Gasteiger charge is 2.60. The summed E-state index contributed by atoms with van der Waals surface area (Å²) < 4.78 is 5.22. The number of amides is 3. The third-order valence-corrected chi connectivity index (χ3v) is 7.32. The number of urea groups is 1. The van der Waals surface area contributed by atoms with Crippen molar-refractivity contribution in [3.05, 3.63) is 29.8 Å². The number of hydrogen-bond donors (Lipinski definition) is 1. The molecule has 1 aromatic carbocycles. The van der Waals surface area contributed by atoms with E-state index in [0.717, 1.165) is 43.7 Å². The molecule has 0 unspecified atom stereocenters. The average molecular weight is 401 g/mol. The third kappa shape index (κ3) is 3.51. The van der Waals surface area contributed by atoms with E-state index in [9.17, 15) is 9.59 Å². The Bertz CT molecular complexity index is 775. The second-order valence-electron chi connectivity index (χ2n) is 8.70. The van der Waals surface area contributed by atoms with Gasteiger partial charge in [0.1, 0.15) is 0 Å². The van der Waals surface area contributed by atoms with Crippen molar-refractivity contribution in [3.63, 3.8) is 0 Å². The number of nitrogens with zero attached hydrogens (tertiary/aromatic N) is 3. The maximum Gasteiger partial charge on any atom is 0.321 e. The molecule has 2 atom stereocenters. The Morgan fingerprint density at radius 1 is 1.24 bits per heavy atom. The van der Waals surface area contributed by atoms with E-state index in [1.165, 1.54) is 0 Å². The number of rotatable bonds is 4. The van der Waals surface area contributed by atoms with Crippen LogP contribution < -0.4 is 5.32 Å². The number of likely N-dealkylation sites (tertiary alicyclic amines) is 3. The SMILES string of the molecule is COCCN1C[C@H]2C(=O)N(C)C3(CCN(C(=O)Nc4ccccc4C)CC3)[C@H]2C1. The molecule has 3 fully saturated rings. The van der Waals surface area contributed by atoms with Crippen molar-refractivity contribution in [1.29, 1.82) is 0 Å². The minimum Gasteiger partial charge on any atom is -0.383 e. The van der Waals surface area contributed by atoms with Crippen LogP contribution in [0.4, 0.5) is 10.5 Å². The van der Waals surface area contributed by atoms with E-state index in [1.54, 1.807) is 7.11 Å². The summed E-state index contributed by atoms with van der Waals surface area (Å²) in [6.07, 6.45) is 1.69. The summed E-state index contributed by atoms with van der Waals surface area (Å²) in [6, 6.07) is 7.78. The normalized spacial score (nSPS) is 26.2. The molecule has 3 saturated heterocycles. The Morgan fingerprint density at radius 3 is 2.66 bits per heavy atom. The standard InChI is InChI=1S/C22H32N4O3/c1-16-6-4-5-7-19(16)23-21(28)26-10-8-22(9-11-26)18-15-25(12-13-29-3)14-17(18)20(27)24(22)2/h4-7,17-18H,8-15H2,1-3H3,(H,23,28)/t17-,18+/m1/s1. The van der Waals surface area contributed by atoms with Gasteiger partial charge >= 0.3 is 6.03 Å². The smallest absolute Gasteiger partial charge is 0.321 e. The van der Waals surface area contributed by atoms with E-state index in [-0.39, 0.29) is 23.4 Å². The highest BCUT2D eigenvalue weighted by atomic mass is 16.5. The van der Waals surface area contributed by atoms with Crippen molar-refractivity contribution < 1.29 is 14.3 Å². The maximum atomic E-state index is 12.9. The van der Waals surface area contributed by atoms with Gasteiger partial charge in [-0.3, -0.25) is 9.69 Å². The Labute approximate surface area is 173 Å². The Morgan fingerprint density at radius 2 is 1.97 bits per heavy atom. The molecule has 3 heterocycles. The lowest BCUT2D eigenvalue weighted by molar-refractivity contribution is -0.133. The van der Waals surface area contributed by atoms with Crippen molar-refractivity contribution >= 4 is 17.6 Å². The molecule has 1 spiro atoms. The van der Waals surface area contributed by atoms with Gasteiger partial charge in [0.2, 0.25) is 5.91 Å². The first-order valence-electron chi connectivity index (χ1n) is 10.6. The van der Waals surface area contributed by atoms with Gasteiger partial charge in [0.25, 0.3) is 0 Å². The molecule has 7 nitrogen and oxygen atoms in total. The number of ether oxygens (including phenoxy) is 1. The molecule has 0 aliphatic carbocycles. The predicted octanol–water partition coefficient (Wildman–Crippen LogP) is 2.03. The summed E-state index contributed by atoms with van der Waals surface area (Å²) in [5.74, 6) is 0.704. The summed E-state index contributed by atoms with van der Waals surface area (Å²) in [6.45, 7) is 6.70. The molecule has 1 N–H and O–H groups in total. The van der Waals surface area contributed by atoms with Crippen molar-refractivity contribution in [2.24, 2.45) is 11.8 Å². The Kier molecular flexibility index (Phi) is 5.53. The van der Waals surface area contributed by atoms with Crippen molar-refractivity contribution in [3.8, 4) is 0 Å². The van der Waals surface area contributed by atoms with E-state index in [4.69, 9.17) is 4.74 Å². The summed E-state index contributed by atoms with van der Waals surface area (Å²) in [5, 5.41) is 3.04. The third-order valence-electron chi connectivity index (χ3n) is 7.32. The summed E-state index contributed by atoms with van der Waals surface area (Å²) in [4.78, 5) is 32.0. The van der Waals surface area contributed by atoms with Gasteiger partial charge in [-0.25, -0.2) is 4.79 Å². The van der Waals surface area contributed by atoms with Gasteiger partial charge in [0, 0.05) is 58.5 Å². The van der Waals surface area contributed by atoms with Crippen LogP contribution in [0.1, 0.15) is 18.4 Å². The molecular weight excluding hydrogens is 368 g/mol. The fourth-order valence-corrected chi connectivity index (χ4v) is 5.51. The fraction of sp³-hybridized carbons (Fsp3) is 0.636. The van der Waals surface area contributed by atoms with E-state index >= 15 is 0 Å². The Hall–Kier alpha value is -2.12. The molecule has 0 saturated carbocycles. The summed E-state index contributed by atoms with van der Waals surface area (Å²) in [5.41, 5.74) is 1.79. The lowest BCUT2D eigenvalue weighted by Crippen LogP contribution is -2.57. The van der Waals surface area contributed by atoms with Crippen LogP contribution in [0.2, 0.25) is 0 Å². The zero-order chi connectivity index (χ0) is 20.6. The number of anilines is 1. The first-order valence-corrected chi connectivity index (χ1v) is 10.6. The highest BCUT2D eigenvalue weighted by Crippen LogP contribution is 2.48. The van der Waals surface area contributed by atoms with Gasteiger partial charge in [0.15, 0.2) is 0 Å². The minimum atomic E-state index is -0.122. The molecule has 158 valence electrons. The fourth-order valence-electron chi connectivity index (χ4n) is 5.51. The lowest BCUT2D eigenvalue weighted by atomic mass is 9.75. The quantitative estimate of drug-likeness (QED) is 0.840. The van der Waals surface area contributed by atoms with Crippen LogP contribution in [0, 0.1) is 18.8 Å². The number of carbonyl (C=O) groups is 2. The van der Waals surface area contributed by atoms with Gasteiger partial charge in [0.05, 0.1) is 18.1 Å². The van der Waals surface area contributed by atoms with Crippen LogP contribution in [-0.2, 0) is 9.53 Å². The largest absolute Gasteiger partial charge is 0.383 e. The molecule has 3 amide bonds. The minimum absolute atomic E-state index is 0.0502. The van der Waals surface area contributed by atoms with Gasteiger partial charge in [-0.2, -0.15) is 0 Å². The highest BCUT2D eigenvalue weighted by molar-refractivity contribution is 5.90. The molecule has 0 bridgehead atoms. The lowest BCUT2D eigenvalue weighted by Gasteiger charge is -2.46. The first-order chi connectivity index (χ1) is 14.0. The number of carbonyl (C=O) groups excluding carboxylic acids is 2. The number of benzene rings is 1. The molecule has 3 aliphatic heterocycles. The van der Waals surface area contributed by atoms with E-state index in [2.05, 4.69) is 10.2 Å². The average Bonchev–Trinajstić information content (AvgIpc) is 3.23. The van der Waals surface area contributed by atoms with Gasteiger partial charge in [-0.15, -0.1) is 0 Å². The van der Waals surface area contributed by atoms with Gasteiger partial charge in [-0.1, -0.05) is 18.2 Å². The maximum absolute atomic E-state index is 12.9. The first kappa shape index (κ1) is 20.2. The molecular formula is C22H32N4O3. The van der Waals surface area contributed by atoms with Gasteiger partial charge in [-0.05, 0) is 31.4 Å². The number of nitrogens with one attached hydrogen (secondary N) is 1. The van der Waals surface area contributed by atoms with Crippen LogP contribution in [0.5, 0.6) is 0 Å². The Balaban J connectivity index is 1.41. The van der Waals surface area contributed by atoms with Crippen LogP contribution in [0.3, 0.4) is 0 Å². The number of hydrogen-bond acceptors (Lipinski definition) is 4. The van der Waals surface area contributed by atoms with Crippen LogP contribution in [-0.4, -0.2) is 85.7 Å². The second kappa shape index (κ2) is 7.95.